The maximum absolute atomic E-state index is 10.9. The van der Waals surface area contributed by atoms with E-state index in [-0.39, 0.29) is 5.75 Å². The number of phenols is 1. The first-order valence-corrected chi connectivity index (χ1v) is 9.31. The Bertz CT molecular complexity index is 1080. The van der Waals surface area contributed by atoms with E-state index in [1.165, 1.54) is 11.8 Å². The van der Waals surface area contributed by atoms with Gasteiger partial charge >= 0.3 is 0 Å². The molecule has 0 aliphatic carbocycles. The molecule has 0 atom stereocenters. The van der Waals surface area contributed by atoms with E-state index in [2.05, 4.69) is 10.2 Å². The SMILES string of the molecule is COc1cc(-c2nnc(SC)n2-c2ccccc2)c(O)c2ccccc12. The van der Waals surface area contributed by atoms with Crippen molar-refractivity contribution < 1.29 is 9.84 Å². The Balaban J connectivity index is 2.03. The number of nitrogens with zero attached hydrogens (tertiary/aromatic N) is 3. The van der Waals surface area contributed by atoms with Crippen molar-refractivity contribution >= 4 is 22.5 Å². The van der Waals surface area contributed by atoms with Gasteiger partial charge in [-0.25, -0.2) is 0 Å². The lowest BCUT2D eigenvalue weighted by molar-refractivity contribution is 0.418. The van der Waals surface area contributed by atoms with Crippen molar-refractivity contribution in [3.8, 4) is 28.6 Å². The van der Waals surface area contributed by atoms with E-state index in [1.807, 2.05) is 71.5 Å². The molecule has 0 aliphatic rings. The number of para-hydroxylation sites is 1. The first-order valence-electron chi connectivity index (χ1n) is 8.08. The fraction of sp³-hybridized carbons (Fsp3) is 0.100. The van der Waals surface area contributed by atoms with Gasteiger partial charge in [-0.3, -0.25) is 4.57 Å². The van der Waals surface area contributed by atoms with Gasteiger partial charge in [-0.2, -0.15) is 0 Å². The lowest BCUT2D eigenvalue weighted by Crippen LogP contribution is -2.00. The van der Waals surface area contributed by atoms with Crippen LogP contribution in [-0.2, 0) is 0 Å². The lowest BCUT2D eigenvalue weighted by atomic mass is 10.0. The Hall–Kier alpha value is -2.99. The predicted molar refractivity (Wildman–Crippen MR) is 104 cm³/mol. The van der Waals surface area contributed by atoms with Crippen molar-refractivity contribution in [3.05, 3.63) is 60.7 Å². The quantitative estimate of drug-likeness (QED) is 0.540. The maximum atomic E-state index is 10.9. The van der Waals surface area contributed by atoms with Crippen molar-refractivity contribution in [1.82, 2.24) is 14.8 Å². The molecule has 0 saturated heterocycles. The Morgan fingerprint density at radius 1 is 0.962 bits per heavy atom. The van der Waals surface area contributed by atoms with E-state index in [0.29, 0.717) is 17.1 Å². The number of fused-ring (bicyclic) bond motifs is 1. The smallest absolute Gasteiger partial charge is 0.195 e. The molecule has 6 heteroatoms. The molecule has 0 spiro atoms. The zero-order chi connectivity index (χ0) is 18.1. The van der Waals surface area contributed by atoms with Crippen molar-refractivity contribution in [1.29, 1.82) is 0 Å². The number of aromatic nitrogens is 3. The van der Waals surface area contributed by atoms with Crippen LogP contribution in [0.2, 0.25) is 0 Å². The monoisotopic (exact) mass is 363 g/mol. The van der Waals surface area contributed by atoms with E-state index in [9.17, 15) is 5.11 Å². The molecule has 26 heavy (non-hydrogen) atoms. The molecule has 1 heterocycles. The fourth-order valence-electron chi connectivity index (χ4n) is 3.05. The summed E-state index contributed by atoms with van der Waals surface area (Å²) in [5, 5.41) is 21.9. The van der Waals surface area contributed by atoms with Gasteiger partial charge in [0.15, 0.2) is 11.0 Å². The number of thioether (sulfide) groups is 1. The number of benzene rings is 3. The molecular formula is C20H17N3O2S. The number of hydrogen-bond donors (Lipinski definition) is 1. The summed E-state index contributed by atoms with van der Waals surface area (Å²) in [6, 6.07) is 19.3. The van der Waals surface area contributed by atoms with Crippen LogP contribution >= 0.6 is 11.8 Å². The molecule has 130 valence electrons. The van der Waals surface area contributed by atoms with Gasteiger partial charge in [0.25, 0.3) is 0 Å². The van der Waals surface area contributed by atoms with Gasteiger partial charge in [-0.05, 0) is 24.5 Å². The molecule has 0 bridgehead atoms. The molecule has 5 nitrogen and oxygen atoms in total. The zero-order valence-electron chi connectivity index (χ0n) is 14.4. The topological polar surface area (TPSA) is 60.2 Å². The van der Waals surface area contributed by atoms with Crippen molar-refractivity contribution in [2.45, 2.75) is 5.16 Å². The molecule has 1 N–H and O–H groups in total. The highest BCUT2D eigenvalue weighted by Crippen LogP contribution is 2.41. The third-order valence-electron chi connectivity index (χ3n) is 4.27. The summed E-state index contributed by atoms with van der Waals surface area (Å²) < 4.78 is 7.49. The highest BCUT2D eigenvalue weighted by Gasteiger charge is 2.21. The Morgan fingerprint density at radius 3 is 2.35 bits per heavy atom. The highest BCUT2D eigenvalue weighted by molar-refractivity contribution is 7.98. The van der Waals surface area contributed by atoms with Crippen LogP contribution in [0.4, 0.5) is 0 Å². The number of methoxy groups -OCH3 is 1. The van der Waals surface area contributed by atoms with Crippen molar-refractivity contribution in [3.63, 3.8) is 0 Å². The molecule has 4 rings (SSSR count). The van der Waals surface area contributed by atoms with Gasteiger partial charge in [0.1, 0.15) is 11.5 Å². The number of rotatable bonds is 4. The number of hydrogen-bond acceptors (Lipinski definition) is 5. The van der Waals surface area contributed by atoms with Gasteiger partial charge in [0.2, 0.25) is 0 Å². The average Bonchev–Trinajstić information content (AvgIpc) is 3.13. The van der Waals surface area contributed by atoms with E-state index >= 15 is 0 Å². The minimum absolute atomic E-state index is 0.165. The summed E-state index contributed by atoms with van der Waals surface area (Å²) in [4.78, 5) is 0. The van der Waals surface area contributed by atoms with E-state index in [0.717, 1.165) is 21.6 Å². The molecule has 0 unspecified atom stereocenters. The largest absolute Gasteiger partial charge is 0.507 e. The third-order valence-corrected chi connectivity index (χ3v) is 4.90. The van der Waals surface area contributed by atoms with Crippen molar-refractivity contribution in [2.75, 3.05) is 13.4 Å². The zero-order valence-corrected chi connectivity index (χ0v) is 15.2. The fourth-order valence-corrected chi connectivity index (χ4v) is 3.55. The Labute approximate surface area is 155 Å². The van der Waals surface area contributed by atoms with Gasteiger partial charge in [0.05, 0.1) is 12.7 Å². The maximum Gasteiger partial charge on any atom is 0.195 e. The summed E-state index contributed by atoms with van der Waals surface area (Å²) in [6.07, 6.45) is 1.95. The van der Waals surface area contributed by atoms with Gasteiger partial charge in [0, 0.05) is 16.5 Å². The first-order chi connectivity index (χ1) is 12.7. The summed E-state index contributed by atoms with van der Waals surface area (Å²) >= 11 is 1.50. The normalized spacial score (nSPS) is 11.0. The van der Waals surface area contributed by atoms with Gasteiger partial charge in [-0.1, -0.05) is 54.2 Å². The van der Waals surface area contributed by atoms with Crippen LogP contribution in [0.1, 0.15) is 0 Å². The van der Waals surface area contributed by atoms with E-state index in [1.54, 1.807) is 7.11 Å². The molecule has 3 aromatic carbocycles. The highest BCUT2D eigenvalue weighted by atomic mass is 32.2. The minimum Gasteiger partial charge on any atom is -0.507 e. The van der Waals surface area contributed by atoms with Gasteiger partial charge in [-0.15, -0.1) is 10.2 Å². The summed E-state index contributed by atoms with van der Waals surface area (Å²) in [5.74, 6) is 1.42. The van der Waals surface area contributed by atoms with Crippen LogP contribution in [-0.4, -0.2) is 33.2 Å². The summed E-state index contributed by atoms with van der Waals surface area (Å²) in [6.45, 7) is 0. The number of ether oxygens (including phenoxy) is 1. The molecule has 4 aromatic rings. The Morgan fingerprint density at radius 2 is 1.65 bits per heavy atom. The van der Waals surface area contributed by atoms with Crippen LogP contribution in [0.3, 0.4) is 0 Å². The molecule has 0 aliphatic heterocycles. The molecule has 0 saturated carbocycles. The summed E-state index contributed by atoms with van der Waals surface area (Å²) in [7, 11) is 1.62. The second-order valence-corrected chi connectivity index (χ2v) is 6.48. The van der Waals surface area contributed by atoms with Crippen molar-refractivity contribution in [2.24, 2.45) is 0 Å². The van der Waals surface area contributed by atoms with E-state index in [4.69, 9.17) is 4.74 Å². The summed E-state index contributed by atoms with van der Waals surface area (Å²) in [5.41, 5.74) is 1.51. The molecule has 0 fully saturated rings. The standard InChI is InChI=1S/C20H17N3O2S/c1-25-17-12-16(18(24)15-11-7-6-10-14(15)17)19-21-22-20(26-2)23(19)13-8-4-3-5-9-13/h3-12,24H,1-2H3. The van der Waals surface area contributed by atoms with Crippen LogP contribution in [0.15, 0.2) is 65.8 Å². The number of phenolic OH excluding ortho intramolecular Hbond substituents is 1. The Kier molecular flexibility index (Phi) is 4.26. The van der Waals surface area contributed by atoms with Crippen LogP contribution in [0.25, 0.3) is 27.8 Å². The second-order valence-electron chi connectivity index (χ2n) is 5.70. The average molecular weight is 363 g/mol. The molecular weight excluding hydrogens is 346 g/mol. The third kappa shape index (κ3) is 2.59. The van der Waals surface area contributed by atoms with Crippen LogP contribution in [0.5, 0.6) is 11.5 Å². The minimum atomic E-state index is 0.165. The van der Waals surface area contributed by atoms with Crippen LogP contribution < -0.4 is 4.74 Å². The predicted octanol–water partition coefficient (Wildman–Crippen LogP) is 4.52. The lowest BCUT2D eigenvalue weighted by Gasteiger charge is -2.14. The van der Waals surface area contributed by atoms with Gasteiger partial charge < -0.3 is 9.84 Å². The second kappa shape index (κ2) is 6.72. The van der Waals surface area contributed by atoms with E-state index < -0.39 is 0 Å². The molecule has 1 aromatic heterocycles. The molecule has 0 radical (unpaired) electrons. The first kappa shape index (κ1) is 16.5. The number of aromatic hydroxyl groups is 1. The molecule has 0 amide bonds. The van der Waals surface area contributed by atoms with Crippen LogP contribution in [0, 0.1) is 0 Å².